The van der Waals surface area contributed by atoms with Crippen LogP contribution in [0.1, 0.15) is 24.8 Å². The van der Waals surface area contributed by atoms with Crippen molar-refractivity contribution in [1.82, 2.24) is 10.6 Å². The summed E-state index contributed by atoms with van der Waals surface area (Å²) in [5.41, 5.74) is 1.02. The van der Waals surface area contributed by atoms with Crippen LogP contribution in [0, 0.1) is 11.7 Å². The van der Waals surface area contributed by atoms with Crippen LogP contribution >= 0.6 is 0 Å². The zero-order valence-electron chi connectivity index (χ0n) is 10.2. The number of piperidine rings is 1. The van der Waals surface area contributed by atoms with E-state index in [4.69, 9.17) is 0 Å². The number of hydrogen-bond acceptors (Lipinski definition) is 2. The SMILES string of the molecule is Fc1cccc(CNCCC2CCNCC2)c1. The molecule has 0 radical (unpaired) electrons. The van der Waals surface area contributed by atoms with Gasteiger partial charge in [-0.15, -0.1) is 0 Å². The topological polar surface area (TPSA) is 24.1 Å². The van der Waals surface area contributed by atoms with Crippen LogP contribution in [-0.4, -0.2) is 19.6 Å². The fraction of sp³-hybridized carbons (Fsp3) is 0.571. The lowest BCUT2D eigenvalue weighted by atomic mass is 9.95. The zero-order valence-corrected chi connectivity index (χ0v) is 10.2. The molecule has 1 saturated heterocycles. The highest BCUT2D eigenvalue weighted by molar-refractivity contribution is 5.15. The Kier molecular flexibility index (Phi) is 4.95. The van der Waals surface area contributed by atoms with Gasteiger partial charge in [0.2, 0.25) is 0 Å². The van der Waals surface area contributed by atoms with Crippen LogP contribution in [-0.2, 0) is 6.54 Å². The smallest absolute Gasteiger partial charge is 0.123 e. The minimum atomic E-state index is -0.150. The molecule has 94 valence electrons. The molecule has 1 aromatic carbocycles. The third kappa shape index (κ3) is 4.44. The molecule has 0 spiro atoms. The lowest BCUT2D eigenvalue weighted by Crippen LogP contribution is -2.29. The molecule has 1 heterocycles. The molecule has 2 N–H and O–H groups in total. The van der Waals surface area contributed by atoms with Crippen LogP contribution in [0.2, 0.25) is 0 Å². The Hall–Kier alpha value is -0.930. The summed E-state index contributed by atoms with van der Waals surface area (Å²) < 4.78 is 12.9. The highest BCUT2D eigenvalue weighted by Gasteiger charge is 2.11. The van der Waals surface area contributed by atoms with Gasteiger partial charge < -0.3 is 10.6 Å². The van der Waals surface area contributed by atoms with E-state index in [1.54, 1.807) is 12.1 Å². The Labute approximate surface area is 103 Å². The number of hydrogen-bond donors (Lipinski definition) is 2. The van der Waals surface area contributed by atoms with Crippen molar-refractivity contribution in [2.75, 3.05) is 19.6 Å². The minimum Gasteiger partial charge on any atom is -0.317 e. The van der Waals surface area contributed by atoms with Gasteiger partial charge in [-0.2, -0.15) is 0 Å². The third-order valence-electron chi connectivity index (χ3n) is 3.41. The summed E-state index contributed by atoms with van der Waals surface area (Å²) in [4.78, 5) is 0. The maximum Gasteiger partial charge on any atom is 0.123 e. The summed E-state index contributed by atoms with van der Waals surface area (Å²) in [7, 11) is 0. The Morgan fingerprint density at radius 3 is 2.88 bits per heavy atom. The van der Waals surface area contributed by atoms with Gasteiger partial charge in [0.1, 0.15) is 5.82 Å². The van der Waals surface area contributed by atoms with E-state index >= 15 is 0 Å². The molecule has 0 aromatic heterocycles. The highest BCUT2D eigenvalue weighted by Crippen LogP contribution is 2.14. The van der Waals surface area contributed by atoms with E-state index in [2.05, 4.69) is 10.6 Å². The largest absolute Gasteiger partial charge is 0.317 e. The molecular weight excluding hydrogens is 215 g/mol. The lowest BCUT2D eigenvalue weighted by molar-refractivity contribution is 0.348. The van der Waals surface area contributed by atoms with E-state index in [0.717, 1.165) is 37.7 Å². The van der Waals surface area contributed by atoms with Crippen LogP contribution in [0.15, 0.2) is 24.3 Å². The number of nitrogens with one attached hydrogen (secondary N) is 2. The molecule has 0 aliphatic carbocycles. The molecule has 0 bridgehead atoms. The van der Waals surface area contributed by atoms with Gasteiger partial charge in [-0.1, -0.05) is 12.1 Å². The molecule has 0 unspecified atom stereocenters. The standard InChI is InChI=1S/C14H21FN2/c15-14-3-1-2-13(10-14)11-17-9-6-12-4-7-16-8-5-12/h1-3,10,12,16-17H,4-9,11H2. The van der Waals surface area contributed by atoms with E-state index in [0.29, 0.717) is 0 Å². The predicted molar refractivity (Wildman–Crippen MR) is 68.3 cm³/mol. The summed E-state index contributed by atoms with van der Waals surface area (Å²) >= 11 is 0. The van der Waals surface area contributed by atoms with Gasteiger partial charge in [0, 0.05) is 6.54 Å². The Morgan fingerprint density at radius 2 is 2.12 bits per heavy atom. The molecule has 2 nitrogen and oxygen atoms in total. The average Bonchev–Trinajstić information content (AvgIpc) is 2.36. The molecule has 2 rings (SSSR count). The maximum atomic E-state index is 12.9. The van der Waals surface area contributed by atoms with E-state index in [9.17, 15) is 4.39 Å². The minimum absolute atomic E-state index is 0.150. The first-order valence-corrected chi connectivity index (χ1v) is 6.50. The van der Waals surface area contributed by atoms with Gasteiger partial charge in [-0.25, -0.2) is 4.39 Å². The highest BCUT2D eigenvalue weighted by atomic mass is 19.1. The van der Waals surface area contributed by atoms with Crippen molar-refractivity contribution in [2.24, 2.45) is 5.92 Å². The third-order valence-corrected chi connectivity index (χ3v) is 3.41. The fourth-order valence-corrected chi connectivity index (χ4v) is 2.36. The van der Waals surface area contributed by atoms with Gasteiger partial charge in [0.25, 0.3) is 0 Å². The summed E-state index contributed by atoms with van der Waals surface area (Å²) in [6, 6.07) is 6.80. The second-order valence-corrected chi connectivity index (χ2v) is 4.79. The van der Waals surface area contributed by atoms with Gasteiger partial charge in [0.15, 0.2) is 0 Å². The maximum absolute atomic E-state index is 12.9. The molecule has 0 saturated carbocycles. The summed E-state index contributed by atoms with van der Waals surface area (Å²) in [6.07, 6.45) is 3.82. The molecule has 1 aliphatic rings. The first kappa shape index (κ1) is 12.5. The van der Waals surface area contributed by atoms with Crippen molar-refractivity contribution in [2.45, 2.75) is 25.8 Å². The predicted octanol–water partition coefficient (Wildman–Crippen LogP) is 2.31. The van der Waals surface area contributed by atoms with Crippen molar-refractivity contribution in [3.8, 4) is 0 Å². The molecule has 1 fully saturated rings. The molecular formula is C14H21FN2. The van der Waals surface area contributed by atoms with Crippen LogP contribution in [0.4, 0.5) is 4.39 Å². The van der Waals surface area contributed by atoms with E-state index in [1.165, 1.54) is 25.3 Å². The average molecular weight is 236 g/mol. The van der Waals surface area contributed by atoms with Gasteiger partial charge in [-0.05, 0) is 62.5 Å². The number of halogens is 1. The molecule has 3 heteroatoms. The van der Waals surface area contributed by atoms with Crippen LogP contribution in [0.3, 0.4) is 0 Å². The second kappa shape index (κ2) is 6.72. The zero-order chi connectivity index (χ0) is 11.9. The van der Waals surface area contributed by atoms with Crippen LogP contribution in [0.5, 0.6) is 0 Å². The normalized spacial score (nSPS) is 17.2. The van der Waals surface area contributed by atoms with Crippen molar-refractivity contribution >= 4 is 0 Å². The van der Waals surface area contributed by atoms with E-state index < -0.39 is 0 Å². The van der Waals surface area contributed by atoms with Crippen molar-refractivity contribution < 1.29 is 4.39 Å². The Balaban J connectivity index is 1.62. The first-order chi connectivity index (χ1) is 8.34. The molecule has 17 heavy (non-hydrogen) atoms. The monoisotopic (exact) mass is 236 g/mol. The van der Waals surface area contributed by atoms with Crippen molar-refractivity contribution in [3.63, 3.8) is 0 Å². The van der Waals surface area contributed by atoms with Gasteiger partial charge in [-0.3, -0.25) is 0 Å². The number of benzene rings is 1. The summed E-state index contributed by atoms with van der Waals surface area (Å²) in [6.45, 7) is 4.12. The molecule has 0 atom stereocenters. The fourth-order valence-electron chi connectivity index (χ4n) is 2.36. The van der Waals surface area contributed by atoms with E-state index in [1.807, 2.05) is 6.07 Å². The number of rotatable bonds is 5. The molecule has 0 amide bonds. The van der Waals surface area contributed by atoms with Crippen LogP contribution in [0.25, 0.3) is 0 Å². The lowest BCUT2D eigenvalue weighted by Gasteiger charge is -2.22. The van der Waals surface area contributed by atoms with Gasteiger partial charge >= 0.3 is 0 Å². The molecule has 1 aromatic rings. The Morgan fingerprint density at radius 1 is 1.29 bits per heavy atom. The quantitative estimate of drug-likeness (QED) is 0.767. The van der Waals surface area contributed by atoms with E-state index in [-0.39, 0.29) is 5.82 Å². The van der Waals surface area contributed by atoms with Gasteiger partial charge in [0.05, 0.1) is 0 Å². The van der Waals surface area contributed by atoms with Crippen LogP contribution < -0.4 is 10.6 Å². The Bertz CT molecular complexity index is 335. The first-order valence-electron chi connectivity index (χ1n) is 6.50. The molecule has 1 aliphatic heterocycles. The summed E-state index contributed by atoms with van der Waals surface area (Å²) in [5, 5.41) is 6.76. The second-order valence-electron chi connectivity index (χ2n) is 4.79. The van der Waals surface area contributed by atoms with Crippen molar-refractivity contribution in [3.05, 3.63) is 35.6 Å². The summed E-state index contributed by atoms with van der Waals surface area (Å²) in [5.74, 6) is 0.707. The van der Waals surface area contributed by atoms with Crippen molar-refractivity contribution in [1.29, 1.82) is 0 Å².